The first kappa shape index (κ1) is 10.8. The van der Waals surface area contributed by atoms with E-state index in [4.69, 9.17) is 9.52 Å². The van der Waals surface area contributed by atoms with Crippen molar-refractivity contribution in [3.63, 3.8) is 0 Å². The van der Waals surface area contributed by atoms with Crippen LogP contribution in [0.3, 0.4) is 0 Å². The van der Waals surface area contributed by atoms with Crippen LogP contribution >= 0.6 is 0 Å². The predicted molar refractivity (Wildman–Crippen MR) is 61.9 cm³/mol. The Morgan fingerprint density at radius 1 is 1.39 bits per heavy atom. The van der Waals surface area contributed by atoms with Crippen molar-refractivity contribution in [1.29, 1.82) is 0 Å². The van der Waals surface area contributed by atoms with E-state index in [0.717, 1.165) is 11.3 Å². The molecule has 1 aliphatic rings. The van der Waals surface area contributed by atoms with Gasteiger partial charge in [0.1, 0.15) is 11.5 Å². The number of fused-ring (bicyclic) bond motifs is 1. The smallest absolute Gasteiger partial charge is 0.407 e. The summed E-state index contributed by atoms with van der Waals surface area (Å²) in [4.78, 5) is 20.5. The standard InChI is InChI=1S/C12H11N3O3/c16-12(17)15-6-3-10-9(7-15)14-11(18-10)8-1-4-13-5-2-8/h1-2,4-5H,3,6-7H2,(H,16,17). The molecule has 0 saturated heterocycles. The highest BCUT2D eigenvalue weighted by atomic mass is 16.4. The minimum absolute atomic E-state index is 0.291. The molecule has 0 atom stereocenters. The minimum atomic E-state index is -0.922. The van der Waals surface area contributed by atoms with Gasteiger partial charge in [-0.2, -0.15) is 0 Å². The van der Waals surface area contributed by atoms with Gasteiger partial charge in [-0.15, -0.1) is 0 Å². The maximum Gasteiger partial charge on any atom is 0.407 e. The summed E-state index contributed by atoms with van der Waals surface area (Å²) in [5.74, 6) is 1.30. The fourth-order valence-electron chi connectivity index (χ4n) is 1.98. The summed E-state index contributed by atoms with van der Waals surface area (Å²) in [6.07, 6.45) is 2.98. The maximum absolute atomic E-state index is 10.9. The molecule has 0 saturated carbocycles. The lowest BCUT2D eigenvalue weighted by Gasteiger charge is -2.21. The van der Waals surface area contributed by atoms with E-state index in [2.05, 4.69) is 9.97 Å². The van der Waals surface area contributed by atoms with Crippen molar-refractivity contribution in [2.45, 2.75) is 13.0 Å². The van der Waals surface area contributed by atoms with Crippen LogP contribution < -0.4 is 0 Å². The van der Waals surface area contributed by atoms with Crippen molar-refractivity contribution in [2.75, 3.05) is 6.54 Å². The zero-order valence-electron chi connectivity index (χ0n) is 9.54. The molecule has 18 heavy (non-hydrogen) atoms. The van der Waals surface area contributed by atoms with E-state index in [9.17, 15) is 4.79 Å². The number of rotatable bonds is 1. The predicted octanol–water partition coefficient (Wildman–Crippen LogP) is 1.77. The summed E-state index contributed by atoms with van der Waals surface area (Å²) >= 11 is 0. The zero-order chi connectivity index (χ0) is 12.5. The first-order valence-corrected chi connectivity index (χ1v) is 5.61. The van der Waals surface area contributed by atoms with Gasteiger partial charge in [0.2, 0.25) is 5.89 Å². The maximum atomic E-state index is 10.9. The first-order valence-electron chi connectivity index (χ1n) is 5.61. The lowest BCUT2D eigenvalue weighted by molar-refractivity contribution is 0.137. The molecule has 1 amide bonds. The number of carboxylic acid groups (broad SMARTS) is 1. The lowest BCUT2D eigenvalue weighted by atomic mass is 10.2. The highest BCUT2D eigenvalue weighted by Crippen LogP contribution is 2.25. The number of carbonyl (C=O) groups is 1. The third-order valence-electron chi connectivity index (χ3n) is 2.93. The van der Waals surface area contributed by atoms with Crippen LogP contribution in [0, 0.1) is 0 Å². The number of amides is 1. The Bertz CT molecular complexity index is 580. The summed E-state index contributed by atoms with van der Waals surface area (Å²) in [6, 6.07) is 3.62. The summed E-state index contributed by atoms with van der Waals surface area (Å²) in [6.45, 7) is 0.743. The Labute approximate surface area is 103 Å². The molecule has 0 spiro atoms. The number of hydrogen-bond donors (Lipinski definition) is 1. The Balaban J connectivity index is 1.92. The largest absolute Gasteiger partial charge is 0.465 e. The summed E-state index contributed by atoms with van der Waals surface area (Å²) in [7, 11) is 0. The van der Waals surface area contributed by atoms with Crippen molar-refractivity contribution in [1.82, 2.24) is 14.9 Å². The van der Waals surface area contributed by atoms with Gasteiger partial charge >= 0.3 is 6.09 Å². The normalized spacial score (nSPS) is 14.3. The number of oxazole rings is 1. The second-order valence-corrected chi connectivity index (χ2v) is 4.08. The van der Waals surface area contributed by atoms with Crippen LogP contribution in [0.25, 0.3) is 11.5 Å². The van der Waals surface area contributed by atoms with E-state index in [-0.39, 0.29) is 0 Å². The zero-order valence-corrected chi connectivity index (χ0v) is 9.54. The molecular formula is C12H11N3O3. The monoisotopic (exact) mass is 245 g/mol. The molecule has 0 aliphatic carbocycles. The number of pyridine rings is 1. The molecule has 3 heterocycles. The fraction of sp³-hybridized carbons (Fsp3) is 0.250. The van der Waals surface area contributed by atoms with E-state index < -0.39 is 6.09 Å². The van der Waals surface area contributed by atoms with Crippen LogP contribution in [0.4, 0.5) is 4.79 Å². The Morgan fingerprint density at radius 3 is 2.89 bits per heavy atom. The average molecular weight is 245 g/mol. The van der Waals surface area contributed by atoms with Crippen molar-refractivity contribution < 1.29 is 14.3 Å². The number of hydrogen-bond acceptors (Lipinski definition) is 4. The van der Waals surface area contributed by atoms with Crippen LogP contribution in [0.15, 0.2) is 28.9 Å². The minimum Gasteiger partial charge on any atom is -0.465 e. The molecule has 6 nitrogen and oxygen atoms in total. The molecular weight excluding hydrogens is 234 g/mol. The molecule has 0 bridgehead atoms. The quantitative estimate of drug-likeness (QED) is 0.828. The Hall–Kier alpha value is -2.37. The van der Waals surface area contributed by atoms with Gasteiger partial charge in [-0.1, -0.05) is 0 Å². The Kier molecular flexibility index (Phi) is 2.47. The van der Waals surface area contributed by atoms with Crippen LogP contribution in [-0.2, 0) is 13.0 Å². The van der Waals surface area contributed by atoms with Gasteiger partial charge in [0.05, 0.1) is 6.54 Å². The second-order valence-electron chi connectivity index (χ2n) is 4.08. The molecule has 0 aromatic carbocycles. The van der Waals surface area contributed by atoms with Gasteiger partial charge < -0.3 is 14.4 Å². The van der Waals surface area contributed by atoms with Crippen molar-refractivity contribution in [2.24, 2.45) is 0 Å². The SMILES string of the molecule is O=C(O)N1CCc2oc(-c3ccncc3)nc2C1. The molecule has 6 heteroatoms. The van der Waals surface area contributed by atoms with E-state index >= 15 is 0 Å². The first-order chi connectivity index (χ1) is 8.74. The topological polar surface area (TPSA) is 79.5 Å². The van der Waals surface area contributed by atoms with E-state index in [0.29, 0.717) is 31.1 Å². The molecule has 2 aromatic heterocycles. The van der Waals surface area contributed by atoms with Crippen LogP contribution in [0.1, 0.15) is 11.5 Å². The van der Waals surface area contributed by atoms with E-state index in [1.54, 1.807) is 12.4 Å². The number of nitrogens with zero attached hydrogens (tertiary/aromatic N) is 3. The second kappa shape index (κ2) is 4.14. The third-order valence-corrected chi connectivity index (χ3v) is 2.93. The average Bonchev–Trinajstić information content (AvgIpc) is 2.82. The molecule has 0 radical (unpaired) electrons. The summed E-state index contributed by atoms with van der Waals surface area (Å²) in [5, 5.41) is 8.95. The molecule has 92 valence electrons. The van der Waals surface area contributed by atoms with E-state index in [1.807, 2.05) is 12.1 Å². The van der Waals surface area contributed by atoms with Gasteiger partial charge in [-0.25, -0.2) is 9.78 Å². The third kappa shape index (κ3) is 1.81. The van der Waals surface area contributed by atoms with Crippen LogP contribution in [-0.4, -0.2) is 32.6 Å². The summed E-state index contributed by atoms with van der Waals surface area (Å²) in [5.41, 5.74) is 1.55. The lowest BCUT2D eigenvalue weighted by Crippen LogP contribution is -2.34. The van der Waals surface area contributed by atoms with Crippen LogP contribution in [0.5, 0.6) is 0 Å². The molecule has 2 aromatic rings. The molecule has 1 N–H and O–H groups in total. The molecule has 1 aliphatic heterocycles. The van der Waals surface area contributed by atoms with Gasteiger partial charge in [-0.05, 0) is 12.1 Å². The van der Waals surface area contributed by atoms with Crippen molar-refractivity contribution >= 4 is 6.09 Å². The molecule has 3 rings (SSSR count). The fourth-order valence-corrected chi connectivity index (χ4v) is 1.98. The van der Waals surface area contributed by atoms with Gasteiger partial charge in [-0.3, -0.25) is 4.98 Å². The highest BCUT2D eigenvalue weighted by molar-refractivity contribution is 5.65. The van der Waals surface area contributed by atoms with Crippen molar-refractivity contribution in [3.8, 4) is 11.5 Å². The highest BCUT2D eigenvalue weighted by Gasteiger charge is 2.25. The van der Waals surface area contributed by atoms with E-state index in [1.165, 1.54) is 4.90 Å². The molecule has 0 fully saturated rings. The molecule has 0 unspecified atom stereocenters. The van der Waals surface area contributed by atoms with Gasteiger partial charge in [0, 0.05) is 30.9 Å². The number of aromatic nitrogens is 2. The van der Waals surface area contributed by atoms with Crippen molar-refractivity contribution in [3.05, 3.63) is 36.0 Å². The van der Waals surface area contributed by atoms with Gasteiger partial charge in [0.25, 0.3) is 0 Å². The van der Waals surface area contributed by atoms with Gasteiger partial charge in [0.15, 0.2) is 0 Å². The van der Waals surface area contributed by atoms with Crippen LogP contribution in [0.2, 0.25) is 0 Å². The Morgan fingerprint density at radius 2 is 2.17 bits per heavy atom. The summed E-state index contributed by atoms with van der Waals surface area (Å²) < 4.78 is 5.66.